The summed E-state index contributed by atoms with van der Waals surface area (Å²) >= 11 is 0. The Hall–Kier alpha value is -0.810. The van der Waals surface area contributed by atoms with Gasteiger partial charge in [-0.3, -0.25) is 0 Å². The van der Waals surface area contributed by atoms with Gasteiger partial charge in [-0.25, -0.2) is 8.42 Å². The molecule has 0 saturated carbocycles. The van der Waals surface area contributed by atoms with Crippen molar-refractivity contribution in [3.05, 3.63) is 23.7 Å². The van der Waals surface area contributed by atoms with Crippen LogP contribution in [0.4, 0.5) is 0 Å². The number of aliphatic hydroxyl groups excluding tert-OH is 1. The Labute approximate surface area is 89.8 Å². The van der Waals surface area contributed by atoms with Gasteiger partial charge >= 0.3 is 0 Å². The number of rotatable bonds is 5. The minimum Gasteiger partial charge on any atom is -0.466 e. The zero-order chi connectivity index (χ0) is 11.5. The van der Waals surface area contributed by atoms with E-state index in [9.17, 15) is 13.5 Å². The second kappa shape index (κ2) is 4.81. The van der Waals surface area contributed by atoms with Gasteiger partial charge in [0.1, 0.15) is 21.7 Å². The molecule has 0 bridgehead atoms. The van der Waals surface area contributed by atoms with E-state index in [4.69, 9.17) is 4.42 Å². The van der Waals surface area contributed by atoms with Crippen LogP contribution in [0.15, 0.2) is 16.7 Å². The molecule has 1 aromatic rings. The number of furan rings is 1. The lowest BCUT2D eigenvalue weighted by Crippen LogP contribution is -2.05. The summed E-state index contributed by atoms with van der Waals surface area (Å²) in [5.41, 5.74) is 0.891. The first-order valence-electron chi connectivity index (χ1n) is 4.80. The average Bonchev–Trinajstić information content (AvgIpc) is 2.48. The van der Waals surface area contributed by atoms with Gasteiger partial charge in [-0.05, 0) is 31.4 Å². The van der Waals surface area contributed by atoms with E-state index >= 15 is 0 Å². The zero-order valence-corrected chi connectivity index (χ0v) is 9.75. The lowest BCUT2D eigenvalue weighted by molar-refractivity contribution is 0.138. The van der Waals surface area contributed by atoms with Crippen LogP contribution < -0.4 is 0 Å². The van der Waals surface area contributed by atoms with E-state index in [-0.39, 0.29) is 5.75 Å². The van der Waals surface area contributed by atoms with Crippen molar-refractivity contribution < 1.29 is 17.9 Å². The lowest BCUT2D eigenvalue weighted by Gasteiger charge is -2.08. The summed E-state index contributed by atoms with van der Waals surface area (Å²) in [5, 5.41) is 9.70. The molecule has 0 fully saturated rings. The fourth-order valence-corrected chi connectivity index (χ4v) is 2.09. The molecule has 1 aromatic heterocycles. The molecule has 1 atom stereocenters. The molecule has 5 heteroatoms. The van der Waals surface area contributed by atoms with Crippen molar-refractivity contribution in [2.75, 3.05) is 12.0 Å². The molecule has 0 aromatic carbocycles. The van der Waals surface area contributed by atoms with Gasteiger partial charge in [0.15, 0.2) is 0 Å². The molecule has 4 nitrogen and oxygen atoms in total. The molecule has 0 aliphatic carbocycles. The molecule has 1 unspecified atom stereocenters. The van der Waals surface area contributed by atoms with Crippen LogP contribution in [0.2, 0.25) is 0 Å². The van der Waals surface area contributed by atoms with Crippen LogP contribution in [0.1, 0.15) is 30.3 Å². The second-order valence-electron chi connectivity index (χ2n) is 3.76. The maximum absolute atomic E-state index is 10.9. The van der Waals surface area contributed by atoms with E-state index < -0.39 is 15.9 Å². The highest BCUT2D eigenvalue weighted by atomic mass is 32.2. The monoisotopic (exact) mass is 232 g/mol. The van der Waals surface area contributed by atoms with Crippen molar-refractivity contribution in [3.8, 4) is 0 Å². The molecule has 1 rings (SSSR count). The van der Waals surface area contributed by atoms with E-state index in [1.165, 1.54) is 12.5 Å². The van der Waals surface area contributed by atoms with Gasteiger partial charge in [0.2, 0.25) is 0 Å². The fraction of sp³-hybridized carbons (Fsp3) is 0.600. The Bertz CT molecular complexity index is 405. The first kappa shape index (κ1) is 12.3. The van der Waals surface area contributed by atoms with Crippen LogP contribution in [-0.4, -0.2) is 25.5 Å². The van der Waals surface area contributed by atoms with Crippen molar-refractivity contribution in [2.24, 2.45) is 0 Å². The highest BCUT2D eigenvalue weighted by Crippen LogP contribution is 2.22. The Morgan fingerprint density at radius 2 is 2.20 bits per heavy atom. The van der Waals surface area contributed by atoms with Gasteiger partial charge in [-0.1, -0.05) is 0 Å². The van der Waals surface area contributed by atoms with Crippen LogP contribution >= 0.6 is 0 Å². The smallest absolute Gasteiger partial charge is 0.147 e. The van der Waals surface area contributed by atoms with Gasteiger partial charge in [-0.15, -0.1) is 0 Å². The number of aryl methyl sites for hydroxylation is 1. The van der Waals surface area contributed by atoms with Gasteiger partial charge in [-0.2, -0.15) is 0 Å². The van der Waals surface area contributed by atoms with E-state index in [1.807, 2.05) is 6.92 Å². The maximum Gasteiger partial charge on any atom is 0.147 e. The molecule has 0 aliphatic rings. The summed E-state index contributed by atoms with van der Waals surface area (Å²) in [4.78, 5) is 0. The summed E-state index contributed by atoms with van der Waals surface area (Å²) in [7, 11) is -2.94. The van der Waals surface area contributed by atoms with Crippen LogP contribution in [0.5, 0.6) is 0 Å². The van der Waals surface area contributed by atoms with Crippen LogP contribution in [0.3, 0.4) is 0 Å². The highest BCUT2D eigenvalue weighted by molar-refractivity contribution is 7.90. The Kier molecular flexibility index (Phi) is 3.93. The van der Waals surface area contributed by atoms with Crippen LogP contribution in [0, 0.1) is 6.92 Å². The van der Waals surface area contributed by atoms with Crippen molar-refractivity contribution in [1.29, 1.82) is 0 Å². The first-order valence-corrected chi connectivity index (χ1v) is 6.86. The third kappa shape index (κ3) is 4.05. The Balaban J connectivity index is 2.44. The number of hydrogen-bond acceptors (Lipinski definition) is 4. The van der Waals surface area contributed by atoms with Crippen molar-refractivity contribution in [3.63, 3.8) is 0 Å². The molecule has 0 amide bonds. The van der Waals surface area contributed by atoms with Gasteiger partial charge < -0.3 is 9.52 Å². The predicted octanol–water partition coefficient (Wildman–Crippen LogP) is 1.45. The highest BCUT2D eigenvalue weighted by Gasteiger charge is 2.14. The third-order valence-electron chi connectivity index (χ3n) is 2.20. The molecule has 1 heterocycles. The molecular formula is C10H16O4S. The van der Waals surface area contributed by atoms with Crippen molar-refractivity contribution in [1.82, 2.24) is 0 Å². The normalized spacial score (nSPS) is 14.1. The first-order chi connectivity index (χ1) is 6.90. The number of hydrogen-bond donors (Lipinski definition) is 1. The fourth-order valence-electron chi connectivity index (χ4n) is 1.40. The van der Waals surface area contributed by atoms with E-state index in [2.05, 4.69) is 0 Å². The standard InChI is InChI=1S/C10H16O4S/c1-8-5-6-14-10(8)9(11)4-3-7-15(2,12)13/h5-6,9,11H,3-4,7H2,1-2H3. The molecule has 0 aliphatic heterocycles. The lowest BCUT2D eigenvalue weighted by atomic mass is 10.1. The number of aliphatic hydroxyl groups is 1. The van der Waals surface area contributed by atoms with Crippen molar-refractivity contribution in [2.45, 2.75) is 25.9 Å². The van der Waals surface area contributed by atoms with Gasteiger partial charge in [0.05, 0.1) is 6.26 Å². The quantitative estimate of drug-likeness (QED) is 0.834. The summed E-state index contributed by atoms with van der Waals surface area (Å²) in [6, 6.07) is 1.77. The molecule has 1 N–H and O–H groups in total. The molecule has 86 valence electrons. The largest absolute Gasteiger partial charge is 0.466 e. The van der Waals surface area contributed by atoms with Gasteiger partial charge in [0.25, 0.3) is 0 Å². The SMILES string of the molecule is Cc1ccoc1C(O)CCCS(C)(=O)=O. The summed E-state index contributed by atoms with van der Waals surface area (Å²) in [6.45, 7) is 1.85. The Morgan fingerprint density at radius 3 is 2.67 bits per heavy atom. The maximum atomic E-state index is 10.9. The molecule has 0 radical (unpaired) electrons. The predicted molar refractivity (Wildman–Crippen MR) is 57.3 cm³/mol. The summed E-state index contributed by atoms with van der Waals surface area (Å²) in [5.74, 6) is 0.632. The minimum absolute atomic E-state index is 0.101. The van der Waals surface area contributed by atoms with E-state index in [0.717, 1.165) is 5.56 Å². The van der Waals surface area contributed by atoms with E-state index in [1.54, 1.807) is 6.07 Å². The molecule has 0 saturated heterocycles. The number of sulfone groups is 1. The zero-order valence-electron chi connectivity index (χ0n) is 8.93. The molecular weight excluding hydrogens is 216 g/mol. The third-order valence-corrected chi connectivity index (χ3v) is 3.23. The van der Waals surface area contributed by atoms with Gasteiger partial charge in [0, 0.05) is 12.0 Å². The van der Waals surface area contributed by atoms with Crippen molar-refractivity contribution >= 4 is 9.84 Å². The van der Waals surface area contributed by atoms with E-state index in [0.29, 0.717) is 18.6 Å². The average molecular weight is 232 g/mol. The Morgan fingerprint density at radius 1 is 1.53 bits per heavy atom. The summed E-state index contributed by atoms with van der Waals surface area (Å²) in [6.07, 6.45) is 2.85. The molecule has 15 heavy (non-hydrogen) atoms. The topological polar surface area (TPSA) is 67.5 Å². The minimum atomic E-state index is -2.94. The summed E-state index contributed by atoms with van der Waals surface area (Å²) < 4.78 is 26.8. The second-order valence-corrected chi connectivity index (χ2v) is 6.02. The van der Waals surface area contributed by atoms with Crippen LogP contribution in [-0.2, 0) is 9.84 Å². The van der Waals surface area contributed by atoms with Crippen LogP contribution in [0.25, 0.3) is 0 Å². The molecule has 0 spiro atoms.